The van der Waals surface area contributed by atoms with E-state index in [9.17, 15) is 10.6 Å². The van der Waals surface area contributed by atoms with E-state index in [1.807, 2.05) is 212 Å². The third-order valence-corrected chi connectivity index (χ3v) is 13.2. The van der Waals surface area contributed by atoms with E-state index >= 15 is 0 Å². The van der Waals surface area contributed by atoms with Crippen LogP contribution in [0.5, 0.6) is 0 Å². The monoisotopic (exact) mass is 997 g/mol. The van der Waals surface area contributed by atoms with E-state index in [0.29, 0.717) is 0 Å². The maximum absolute atomic E-state index is 13.1. The molecule has 0 amide bonds. The van der Waals surface area contributed by atoms with Crippen LogP contribution in [0.25, 0.3) is 10.4 Å². The lowest BCUT2D eigenvalue weighted by Gasteiger charge is -2.51. The summed E-state index contributed by atoms with van der Waals surface area (Å²) in [5, 5.41) is 17.5. The molecule has 0 unspecified atom stereocenters. The number of aliphatic hydroxyl groups is 1. The Labute approximate surface area is 433 Å². The molecule has 13 nitrogen and oxygen atoms in total. The summed E-state index contributed by atoms with van der Waals surface area (Å²) < 4.78 is 62.0. The second kappa shape index (κ2) is 27.7. The minimum absolute atomic E-state index is 0.0462. The van der Waals surface area contributed by atoms with E-state index in [1.54, 1.807) is 0 Å². The Kier molecular flexibility index (Phi) is 19.6. The molecule has 382 valence electrons. The zero-order valence-corrected chi connectivity index (χ0v) is 41.2. The molecule has 1 aliphatic heterocycles. The van der Waals surface area contributed by atoms with Crippen molar-refractivity contribution in [3.05, 3.63) is 262 Å². The molecule has 1 aliphatic carbocycles. The van der Waals surface area contributed by atoms with Gasteiger partial charge in [0, 0.05) is 4.91 Å². The third-order valence-electron chi connectivity index (χ3n) is 13.2. The lowest BCUT2D eigenvalue weighted by Crippen LogP contribution is -2.69. The van der Waals surface area contributed by atoms with Gasteiger partial charge >= 0.3 is 0 Å². The largest absolute Gasteiger partial charge is 0.387 e. The highest BCUT2D eigenvalue weighted by molar-refractivity contribution is 5.20. The summed E-state index contributed by atoms with van der Waals surface area (Å²) in [5.41, 5.74) is 16.8. The summed E-state index contributed by atoms with van der Waals surface area (Å²) in [5.74, 6) is 0. The van der Waals surface area contributed by atoms with Crippen LogP contribution < -0.4 is 0 Å². The highest BCUT2D eigenvalue weighted by atomic mass is 16.7. The molecule has 74 heavy (non-hydrogen) atoms. The maximum atomic E-state index is 13.1. The van der Waals surface area contributed by atoms with Crippen LogP contribution in [0.1, 0.15) is 38.9 Å². The maximum Gasteiger partial charge on any atom is 0.169 e. The van der Waals surface area contributed by atoms with Gasteiger partial charge in [0.25, 0.3) is 0 Å². The molecule has 7 aromatic carbocycles. The highest BCUT2D eigenvalue weighted by Crippen LogP contribution is 2.38. The van der Waals surface area contributed by atoms with Gasteiger partial charge in [-0.05, 0) is 44.5 Å². The quantitative estimate of drug-likeness (QED) is 0.0333. The average Bonchev–Trinajstić information content (AvgIpc) is 3.46. The second-order valence-electron chi connectivity index (χ2n) is 18.4. The number of azide groups is 1. The summed E-state index contributed by atoms with van der Waals surface area (Å²) >= 11 is 0. The Bertz CT molecular complexity index is 2710. The molecular weight excluding hydrogens is 935 g/mol. The Morgan fingerprint density at radius 3 is 1.04 bits per heavy atom. The third kappa shape index (κ3) is 14.6. The molecule has 2 aliphatic rings. The van der Waals surface area contributed by atoms with Crippen molar-refractivity contribution in [3.8, 4) is 0 Å². The molecule has 0 bridgehead atoms. The van der Waals surface area contributed by atoms with Gasteiger partial charge in [0.1, 0.15) is 61.0 Å². The van der Waals surface area contributed by atoms with Crippen molar-refractivity contribution in [2.75, 3.05) is 6.61 Å². The predicted octanol–water partition coefficient (Wildman–Crippen LogP) is 10.9. The number of aliphatic hydroxyl groups excluding tert-OH is 1. The number of benzene rings is 7. The van der Waals surface area contributed by atoms with Crippen LogP contribution in [-0.2, 0) is 88.9 Å². The minimum Gasteiger partial charge on any atom is -0.387 e. The summed E-state index contributed by atoms with van der Waals surface area (Å²) in [4.78, 5) is 3.36. The van der Waals surface area contributed by atoms with Gasteiger partial charge in [0.2, 0.25) is 0 Å². The van der Waals surface area contributed by atoms with Gasteiger partial charge in [-0.3, -0.25) is 0 Å². The topological polar surface area (TPSA) is 152 Å². The molecule has 0 aromatic heterocycles. The Morgan fingerprint density at radius 1 is 0.378 bits per heavy atom. The van der Waals surface area contributed by atoms with Crippen LogP contribution in [0.15, 0.2) is 217 Å². The van der Waals surface area contributed by atoms with Crippen molar-refractivity contribution in [3.63, 3.8) is 0 Å². The van der Waals surface area contributed by atoms with Crippen LogP contribution in [0.3, 0.4) is 0 Å². The average molecular weight is 998 g/mol. The van der Waals surface area contributed by atoms with Crippen LogP contribution >= 0.6 is 0 Å². The van der Waals surface area contributed by atoms with Crippen molar-refractivity contribution in [2.24, 2.45) is 5.11 Å². The molecule has 13 heteroatoms. The molecule has 0 radical (unpaired) electrons. The minimum atomic E-state index is -1.42. The zero-order chi connectivity index (χ0) is 50.6. The standard InChI is InChI=1S/C61H63N3O10/c62-64-63-52-55(68-38-46-26-12-3-13-27-46)54(67-37-45-24-10-2-11-25-45)51(43-66-36-44-22-8-1-9-23-44)73-61(52)74-57-53(65)56(69-39-47-28-14-4-15-29-47)58(70-40-48-30-16-5-17-31-48)60(72-42-50-34-20-7-21-35-50)59(57)71-41-49-32-18-6-19-33-49/h1-35,51-61,65H,36-43H2/t51-,52-,53-,54-,55-,56+,57+,58-,59+,60+,61+/m1/s1. The molecule has 1 saturated heterocycles. The summed E-state index contributed by atoms with van der Waals surface area (Å²) in [6, 6.07) is 67.4. The van der Waals surface area contributed by atoms with Crippen LogP contribution in [0, 0.1) is 0 Å². The fourth-order valence-electron chi connectivity index (χ4n) is 9.39. The molecule has 11 atom stereocenters. The van der Waals surface area contributed by atoms with Gasteiger partial charge in [-0.1, -0.05) is 217 Å². The first-order chi connectivity index (χ1) is 36.6. The van der Waals surface area contributed by atoms with Crippen molar-refractivity contribution in [1.82, 2.24) is 0 Å². The Morgan fingerprint density at radius 2 is 0.676 bits per heavy atom. The van der Waals surface area contributed by atoms with Crippen molar-refractivity contribution >= 4 is 0 Å². The highest BCUT2D eigenvalue weighted by Gasteiger charge is 2.57. The van der Waals surface area contributed by atoms with Gasteiger partial charge in [0.05, 0.1) is 52.9 Å². The first-order valence-electron chi connectivity index (χ1n) is 25.2. The fraction of sp³-hybridized carbons (Fsp3) is 0.311. The number of rotatable bonds is 25. The lowest BCUT2D eigenvalue weighted by atomic mass is 9.83. The normalized spacial score (nSPS) is 24.7. The first-order valence-corrected chi connectivity index (χ1v) is 25.2. The summed E-state index contributed by atoms with van der Waals surface area (Å²) in [7, 11) is 0. The number of hydrogen-bond donors (Lipinski definition) is 1. The van der Waals surface area contributed by atoms with Crippen molar-refractivity contribution < 1.29 is 47.7 Å². The van der Waals surface area contributed by atoms with Gasteiger partial charge < -0.3 is 47.7 Å². The van der Waals surface area contributed by atoms with Gasteiger partial charge in [-0.25, -0.2) is 0 Å². The van der Waals surface area contributed by atoms with E-state index in [1.165, 1.54) is 0 Å². The lowest BCUT2D eigenvalue weighted by molar-refractivity contribution is -0.338. The molecule has 0 spiro atoms. The molecule has 1 heterocycles. The van der Waals surface area contributed by atoms with Gasteiger partial charge in [-0.15, -0.1) is 0 Å². The van der Waals surface area contributed by atoms with Crippen molar-refractivity contribution in [1.29, 1.82) is 0 Å². The summed E-state index contributed by atoms with van der Waals surface area (Å²) in [6.45, 7) is 1.31. The SMILES string of the molecule is [N-]=[N+]=N[C@H]1[C@H](O[C@H]2[C@H](O)[C@H](OCc3ccccc3)[C@@H](OCc3ccccc3)[C@H](OCc3ccccc3)[C@H]2OCc2ccccc2)O[C@H](COCc2ccccc2)[C@@H](OCc2ccccc2)[C@@H]1OCc1ccccc1. The predicted molar refractivity (Wildman–Crippen MR) is 279 cm³/mol. The molecule has 1 saturated carbocycles. The van der Waals surface area contributed by atoms with E-state index in [-0.39, 0.29) is 52.9 Å². The van der Waals surface area contributed by atoms with Crippen LogP contribution in [-0.4, -0.2) is 79.0 Å². The molecule has 1 N–H and O–H groups in total. The summed E-state index contributed by atoms with van der Waals surface area (Å²) in [6.07, 6.45) is -10.5. The second-order valence-corrected chi connectivity index (χ2v) is 18.4. The van der Waals surface area contributed by atoms with E-state index in [0.717, 1.165) is 38.9 Å². The molecule has 2 fully saturated rings. The smallest absolute Gasteiger partial charge is 0.169 e. The number of nitrogens with zero attached hydrogens (tertiary/aromatic N) is 3. The Hall–Kier alpha value is -6.55. The first kappa shape index (κ1) is 52.3. The zero-order valence-electron chi connectivity index (χ0n) is 41.2. The van der Waals surface area contributed by atoms with E-state index in [4.69, 9.17) is 42.6 Å². The van der Waals surface area contributed by atoms with Crippen LogP contribution in [0.2, 0.25) is 0 Å². The van der Waals surface area contributed by atoms with Crippen molar-refractivity contribution in [2.45, 2.75) is 114 Å². The Balaban J connectivity index is 1.11. The number of hydrogen-bond acceptors (Lipinski definition) is 11. The van der Waals surface area contributed by atoms with Gasteiger partial charge in [-0.2, -0.15) is 0 Å². The molecule has 7 aromatic rings. The van der Waals surface area contributed by atoms with E-state index < -0.39 is 67.3 Å². The van der Waals surface area contributed by atoms with Crippen LogP contribution in [0.4, 0.5) is 0 Å². The van der Waals surface area contributed by atoms with Gasteiger partial charge in [0.15, 0.2) is 6.29 Å². The van der Waals surface area contributed by atoms with E-state index in [2.05, 4.69) is 10.0 Å². The fourth-order valence-corrected chi connectivity index (χ4v) is 9.39. The molecular formula is C61H63N3O10. The molecule has 9 rings (SSSR count). The number of ether oxygens (including phenoxy) is 9.